The predicted octanol–water partition coefficient (Wildman–Crippen LogP) is 4.13. The summed E-state index contributed by atoms with van der Waals surface area (Å²) in [4.78, 5) is 28.5. The van der Waals surface area contributed by atoms with Crippen LogP contribution in [0.2, 0.25) is 0 Å². The fraction of sp³-hybridized carbons (Fsp3) is 0.316. The lowest BCUT2D eigenvalue weighted by molar-refractivity contribution is 0.0926. The van der Waals surface area contributed by atoms with E-state index in [0.717, 1.165) is 24.0 Å². The first-order chi connectivity index (χ1) is 11.1. The van der Waals surface area contributed by atoms with Gasteiger partial charge in [0.15, 0.2) is 5.78 Å². The van der Waals surface area contributed by atoms with E-state index in [0.29, 0.717) is 11.3 Å². The molecule has 0 saturated heterocycles. The summed E-state index contributed by atoms with van der Waals surface area (Å²) in [5.74, 6) is -0.00984. The van der Waals surface area contributed by atoms with Crippen LogP contribution in [0, 0.1) is 5.92 Å². The van der Waals surface area contributed by atoms with E-state index in [2.05, 4.69) is 10.3 Å². The molecule has 1 aromatic carbocycles. The summed E-state index contributed by atoms with van der Waals surface area (Å²) in [7, 11) is 0. The number of ketones is 1. The topological polar surface area (TPSA) is 59.1 Å². The Labute approximate surface area is 137 Å². The number of pyridine rings is 1. The van der Waals surface area contributed by atoms with Crippen LogP contribution in [0.5, 0.6) is 0 Å². The summed E-state index contributed by atoms with van der Waals surface area (Å²) in [6, 6.07) is 8.81. The van der Waals surface area contributed by atoms with Crippen molar-refractivity contribution in [3.63, 3.8) is 0 Å². The molecule has 0 bridgehead atoms. The van der Waals surface area contributed by atoms with Crippen LogP contribution in [0.25, 0.3) is 0 Å². The first-order valence-electron chi connectivity index (χ1n) is 7.95. The van der Waals surface area contributed by atoms with Crippen molar-refractivity contribution in [2.75, 3.05) is 5.32 Å². The highest BCUT2D eigenvalue weighted by molar-refractivity contribution is 6.05. The van der Waals surface area contributed by atoms with E-state index >= 15 is 0 Å². The van der Waals surface area contributed by atoms with Crippen LogP contribution < -0.4 is 5.32 Å². The lowest BCUT2D eigenvalue weighted by Gasteiger charge is -2.13. The molecule has 23 heavy (non-hydrogen) atoms. The molecule has 0 saturated carbocycles. The summed E-state index contributed by atoms with van der Waals surface area (Å²) in [5.41, 5.74) is 2.97. The third kappa shape index (κ3) is 4.03. The Morgan fingerprint density at radius 1 is 1.13 bits per heavy atom. The number of anilines is 1. The number of hydrogen-bond donors (Lipinski definition) is 1. The van der Waals surface area contributed by atoms with Gasteiger partial charge in [-0.2, -0.15) is 0 Å². The van der Waals surface area contributed by atoms with Gasteiger partial charge in [-0.25, -0.2) is 0 Å². The molecule has 4 nitrogen and oxygen atoms in total. The van der Waals surface area contributed by atoms with E-state index in [4.69, 9.17) is 0 Å². The fourth-order valence-corrected chi connectivity index (χ4v) is 2.36. The lowest BCUT2D eigenvalue weighted by Crippen LogP contribution is -2.15. The number of aromatic nitrogens is 1. The molecule has 0 fully saturated rings. The van der Waals surface area contributed by atoms with Gasteiger partial charge in [-0.05, 0) is 48.7 Å². The summed E-state index contributed by atoms with van der Waals surface area (Å²) >= 11 is 0. The number of amides is 1. The Morgan fingerprint density at radius 2 is 1.83 bits per heavy atom. The van der Waals surface area contributed by atoms with Gasteiger partial charge in [0, 0.05) is 35.1 Å². The average Bonchev–Trinajstić information content (AvgIpc) is 2.60. The standard InChI is InChI=1S/C19H22N2O2/c1-4-13(3)18(22)17-7-6-16(12-14(17)5-2)21-19(23)15-8-10-20-11-9-15/h6-13H,4-5H2,1-3H3,(H,21,23). The van der Waals surface area contributed by atoms with Crippen LogP contribution in [0.3, 0.4) is 0 Å². The number of aryl methyl sites for hydroxylation is 1. The van der Waals surface area contributed by atoms with E-state index in [1.165, 1.54) is 0 Å². The van der Waals surface area contributed by atoms with Crippen LogP contribution in [0.15, 0.2) is 42.7 Å². The zero-order chi connectivity index (χ0) is 16.8. The van der Waals surface area contributed by atoms with Crippen molar-refractivity contribution in [3.05, 3.63) is 59.4 Å². The number of hydrogen-bond acceptors (Lipinski definition) is 3. The Kier molecular flexibility index (Phi) is 5.63. The average molecular weight is 310 g/mol. The zero-order valence-corrected chi connectivity index (χ0v) is 13.8. The molecule has 1 N–H and O–H groups in total. The van der Waals surface area contributed by atoms with Crippen LogP contribution in [-0.2, 0) is 6.42 Å². The Bertz CT molecular complexity index is 696. The zero-order valence-electron chi connectivity index (χ0n) is 13.8. The molecule has 0 aliphatic rings. The molecular formula is C19H22N2O2. The van der Waals surface area contributed by atoms with Crippen molar-refractivity contribution in [2.45, 2.75) is 33.6 Å². The van der Waals surface area contributed by atoms with Gasteiger partial charge in [0.25, 0.3) is 5.91 Å². The molecule has 0 spiro atoms. The maximum Gasteiger partial charge on any atom is 0.255 e. The molecule has 0 aliphatic heterocycles. The molecule has 1 atom stereocenters. The molecule has 1 amide bonds. The van der Waals surface area contributed by atoms with Crippen molar-refractivity contribution in [1.29, 1.82) is 0 Å². The SMILES string of the molecule is CCc1cc(NC(=O)c2ccncc2)ccc1C(=O)C(C)CC. The second kappa shape index (κ2) is 7.68. The quantitative estimate of drug-likeness (QED) is 0.816. The predicted molar refractivity (Wildman–Crippen MR) is 91.8 cm³/mol. The second-order valence-electron chi connectivity index (χ2n) is 5.59. The molecule has 2 aromatic rings. The third-order valence-corrected chi connectivity index (χ3v) is 4.01. The van der Waals surface area contributed by atoms with Gasteiger partial charge in [0.2, 0.25) is 0 Å². The minimum absolute atomic E-state index is 0.0116. The Balaban J connectivity index is 2.22. The van der Waals surface area contributed by atoms with E-state index < -0.39 is 0 Å². The minimum atomic E-state index is -0.185. The van der Waals surface area contributed by atoms with Crippen LogP contribution >= 0.6 is 0 Å². The molecule has 0 radical (unpaired) electrons. The molecule has 0 aliphatic carbocycles. The van der Waals surface area contributed by atoms with Gasteiger partial charge in [0.1, 0.15) is 0 Å². The number of nitrogens with one attached hydrogen (secondary N) is 1. The number of Topliss-reactive ketones (excluding diaryl/α,β-unsaturated/α-hetero) is 1. The summed E-state index contributed by atoms with van der Waals surface area (Å²) in [5, 5.41) is 2.86. The van der Waals surface area contributed by atoms with E-state index in [1.807, 2.05) is 32.9 Å². The third-order valence-electron chi connectivity index (χ3n) is 4.01. The number of rotatable bonds is 6. The molecule has 4 heteroatoms. The van der Waals surface area contributed by atoms with Gasteiger partial charge in [-0.15, -0.1) is 0 Å². The van der Waals surface area contributed by atoms with Crippen molar-refractivity contribution < 1.29 is 9.59 Å². The number of nitrogens with zero attached hydrogens (tertiary/aromatic N) is 1. The van der Waals surface area contributed by atoms with Gasteiger partial charge in [-0.1, -0.05) is 20.8 Å². The highest BCUT2D eigenvalue weighted by Gasteiger charge is 2.17. The Morgan fingerprint density at radius 3 is 2.43 bits per heavy atom. The first-order valence-corrected chi connectivity index (χ1v) is 7.95. The van der Waals surface area contributed by atoms with Gasteiger partial charge < -0.3 is 5.32 Å². The van der Waals surface area contributed by atoms with Crippen molar-refractivity contribution in [3.8, 4) is 0 Å². The smallest absolute Gasteiger partial charge is 0.255 e. The fourth-order valence-electron chi connectivity index (χ4n) is 2.36. The molecule has 1 heterocycles. The highest BCUT2D eigenvalue weighted by atomic mass is 16.1. The normalized spacial score (nSPS) is 11.8. The maximum absolute atomic E-state index is 12.4. The van der Waals surface area contributed by atoms with Gasteiger partial charge in [0.05, 0.1) is 0 Å². The van der Waals surface area contributed by atoms with E-state index in [9.17, 15) is 9.59 Å². The number of carbonyl (C=O) groups excluding carboxylic acids is 2. The summed E-state index contributed by atoms with van der Waals surface area (Å²) in [6.45, 7) is 5.97. The lowest BCUT2D eigenvalue weighted by atomic mass is 9.92. The Hall–Kier alpha value is -2.49. The number of benzene rings is 1. The molecule has 120 valence electrons. The van der Waals surface area contributed by atoms with Crippen molar-refractivity contribution in [2.24, 2.45) is 5.92 Å². The molecule has 1 aromatic heterocycles. The summed E-state index contributed by atoms with van der Waals surface area (Å²) < 4.78 is 0. The maximum atomic E-state index is 12.4. The first kappa shape index (κ1) is 16.9. The number of carbonyl (C=O) groups is 2. The largest absolute Gasteiger partial charge is 0.322 e. The second-order valence-corrected chi connectivity index (χ2v) is 5.59. The molecule has 2 rings (SSSR count). The monoisotopic (exact) mass is 310 g/mol. The van der Waals surface area contributed by atoms with Crippen LogP contribution in [0.1, 0.15) is 53.5 Å². The van der Waals surface area contributed by atoms with E-state index in [-0.39, 0.29) is 17.6 Å². The van der Waals surface area contributed by atoms with Crippen LogP contribution in [-0.4, -0.2) is 16.7 Å². The van der Waals surface area contributed by atoms with E-state index in [1.54, 1.807) is 30.6 Å². The van der Waals surface area contributed by atoms with Crippen molar-refractivity contribution in [1.82, 2.24) is 4.98 Å². The minimum Gasteiger partial charge on any atom is -0.322 e. The highest BCUT2D eigenvalue weighted by Crippen LogP contribution is 2.21. The molecule has 1 unspecified atom stereocenters. The van der Waals surface area contributed by atoms with Gasteiger partial charge >= 0.3 is 0 Å². The van der Waals surface area contributed by atoms with Gasteiger partial charge in [-0.3, -0.25) is 14.6 Å². The molecular weight excluding hydrogens is 288 g/mol. The van der Waals surface area contributed by atoms with Crippen molar-refractivity contribution >= 4 is 17.4 Å². The summed E-state index contributed by atoms with van der Waals surface area (Å²) in [6.07, 6.45) is 4.74. The van der Waals surface area contributed by atoms with Crippen LogP contribution in [0.4, 0.5) is 5.69 Å².